The van der Waals surface area contributed by atoms with Gasteiger partial charge < -0.3 is 11.1 Å². The van der Waals surface area contributed by atoms with Gasteiger partial charge in [-0.25, -0.2) is 4.39 Å². The number of rotatable bonds is 6. The van der Waals surface area contributed by atoms with Crippen LogP contribution < -0.4 is 11.1 Å². The van der Waals surface area contributed by atoms with E-state index in [2.05, 4.69) is 19.2 Å². The molecule has 106 valence electrons. The predicted octanol–water partition coefficient (Wildman–Crippen LogP) is 2.25. The predicted molar refractivity (Wildman–Crippen MR) is 75.2 cm³/mol. The second kappa shape index (κ2) is 6.66. The molecule has 3 nitrogen and oxygen atoms in total. The Bertz CT molecular complexity index is 417. The van der Waals surface area contributed by atoms with Crippen LogP contribution >= 0.6 is 0 Å². The largest absolute Gasteiger partial charge is 0.349 e. The number of carbonyl (C=O) groups excluding carboxylic acids is 1. The van der Waals surface area contributed by atoms with Gasteiger partial charge in [-0.1, -0.05) is 26.0 Å². The third-order valence-electron chi connectivity index (χ3n) is 3.03. The first-order valence-electron chi connectivity index (χ1n) is 6.60. The van der Waals surface area contributed by atoms with Crippen LogP contribution in [0, 0.1) is 11.7 Å². The van der Waals surface area contributed by atoms with Crippen molar-refractivity contribution >= 4 is 5.91 Å². The quantitative estimate of drug-likeness (QED) is 0.829. The van der Waals surface area contributed by atoms with Gasteiger partial charge in [0.2, 0.25) is 5.91 Å². The lowest BCUT2D eigenvalue weighted by atomic mass is 9.90. The molecule has 0 radical (unpaired) electrons. The van der Waals surface area contributed by atoms with Crippen molar-refractivity contribution in [2.45, 2.75) is 39.2 Å². The lowest BCUT2D eigenvalue weighted by Gasteiger charge is -2.31. The summed E-state index contributed by atoms with van der Waals surface area (Å²) in [6, 6.07) is 5.96. The van der Waals surface area contributed by atoms with Gasteiger partial charge in [0.15, 0.2) is 0 Å². The van der Waals surface area contributed by atoms with Gasteiger partial charge in [-0.05, 0) is 37.0 Å². The van der Waals surface area contributed by atoms with Crippen LogP contribution in [0.25, 0.3) is 0 Å². The fourth-order valence-corrected chi connectivity index (χ4v) is 2.25. The number of amides is 1. The number of nitrogens with two attached hydrogens (primary N) is 1. The first-order chi connectivity index (χ1) is 8.84. The fraction of sp³-hybridized carbons (Fsp3) is 0.533. The highest BCUT2D eigenvalue weighted by atomic mass is 19.1. The van der Waals surface area contributed by atoms with Crippen molar-refractivity contribution in [2.24, 2.45) is 11.7 Å². The van der Waals surface area contributed by atoms with Crippen LogP contribution in [-0.4, -0.2) is 18.0 Å². The maximum absolute atomic E-state index is 12.8. The number of halogens is 1. The Kier molecular flexibility index (Phi) is 5.48. The van der Waals surface area contributed by atoms with E-state index in [-0.39, 0.29) is 23.7 Å². The molecule has 1 aromatic rings. The average Bonchev–Trinajstić information content (AvgIpc) is 2.31. The van der Waals surface area contributed by atoms with Gasteiger partial charge in [0, 0.05) is 12.1 Å². The molecule has 0 fully saturated rings. The summed E-state index contributed by atoms with van der Waals surface area (Å²) in [5.74, 6) is 0.0793. The summed E-state index contributed by atoms with van der Waals surface area (Å²) in [4.78, 5) is 12.0. The van der Waals surface area contributed by atoms with Gasteiger partial charge in [0.05, 0.1) is 6.42 Å². The van der Waals surface area contributed by atoms with Gasteiger partial charge in [-0.15, -0.1) is 0 Å². The summed E-state index contributed by atoms with van der Waals surface area (Å²) in [7, 11) is 0. The van der Waals surface area contributed by atoms with E-state index in [9.17, 15) is 9.18 Å². The van der Waals surface area contributed by atoms with E-state index in [0.29, 0.717) is 12.5 Å². The van der Waals surface area contributed by atoms with Gasteiger partial charge in [0.1, 0.15) is 5.82 Å². The first-order valence-corrected chi connectivity index (χ1v) is 6.60. The van der Waals surface area contributed by atoms with Crippen molar-refractivity contribution in [3.8, 4) is 0 Å². The second-order valence-electron chi connectivity index (χ2n) is 5.71. The number of hydrogen-bond donors (Lipinski definition) is 2. The number of carbonyl (C=O) groups is 1. The van der Waals surface area contributed by atoms with Crippen LogP contribution in [0.5, 0.6) is 0 Å². The Morgan fingerprint density at radius 3 is 2.42 bits per heavy atom. The standard InChI is InChI=1S/C15H23FN2O/c1-11(2)9-15(3,10-17)18-14(19)8-12-4-6-13(16)7-5-12/h4-7,11H,8-10,17H2,1-3H3,(H,18,19). The van der Waals surface area contributed by atoms with E-state index >= 15 is 0 Å². The molecule has 0 spiro atoms. The Morgan fingerprint density at radius 2 is 1.95 bits per heavy atom. The summed E-state index contributed by atoms with van der Waals surface area (Å²) in [6.45, 7) is 6.55. The lowest BCUT2D eigenvalue weighted by molar-refractivity contribution is -0.122. The van der Waals surface area contributed by atoms with E-state index in [1.165, 1.54) is 12.1 Å². The summed E-state index contributed by atoms with van der Waals surface area (Å²) >= 11 is 0. The van der Waals surface area contributed by atoms with Gasteiger partial charge in [-0.2, -0.15) is 0 Å². The zero-order chi connectivity index (χ0) is 14.5. The summed E-state index contributed by atoms with van der Waals surface area (Å²) in [5, 5.41) is 2.98. The SMILES string of the molecule is CC(C)CC(C)(CN)NC(=O)Cc1ccc(F)cc1. The third-order valence-corrected chi connectivity index (χ3v) is 3.03. The minimum absolute atomic E-state index is 0.0831. The number of nitrogens with one attached hydrogen (secondary N) is 1. The monoisotopic (exact) mass is 266 g/mol. The number of hydrogen-bond acceptors (Lipinski definition) is 2. The Labute approximate surface area is 114 Å². The smallest absolute Gasteiger partial charge is 0.224 e. The second-order valence-corrected chi connectivity index (χ2v) is 5.71. The van der Waals surface area contributed by atoms with Crippen molar-refractivity contribution in [1.82, 2.24) is 5.32 Å². The van der Waals surface area contributed by atoms with Gasteiger partial charge in [0.25, 0.3) is 0 Å². The summed E-state index contributed by atoms with van der Waals surface area (Å²) < 4.78 is 12.8. The van der Waals surface area contributed by atoms with E-state index in [1.54, 1.807) is 12.1 Å². The number of benzene rings is 1. The molecule has 1 rings (SSSR count). The molecule has 3 N–H and O–H groups in total. The third kappa shape index (κ3) is 5.39. The highest BCUT2D eigenvalue weighted by Gasteiger charge is 2.25. The maximum atomic E-state index is 12.8. The highest BCUT2D eigenvalue weighted by Crippen LogP contribution is 2.15. The molecule has 0 saturated carbocycles. The average molecular weight is 266 g/mol. The van der Waals surface area contributed by atoms with Crippen LogP contribution in [0.2, 0.25) is 0 Å². The molecule has 1 atom stereocenters. The molecule has 1 aromatic carbocycles. The van der Waals surface area contributed by atoms with Crippen LogP contribution in [0.4, 0.5) is 4.39 Å². The highest BCUT2D eigenvalue weighted by molar-refractivity contribution is 5.79. The van der Waals surface area contributed by atoms with Crippen LogP contribution in [-0.2, 0) is 11.2 Å². The van der Waals surface area contributed by atoms with Crippen molar-refractivity contribution in [2.75, 3.05) is 6.54 Å². The minimum atomic E-state index is -0.384. The van der Waals surface area contributed by atoms with E-state index in [1.807, 2.05) is 6.92 Å². The molecule has 0 aliphatic heterocycles. The molecule has 0 aromatic heterocycles. The zero-order valence-corrected chi connectivity index (χ0v) is 11.9. The van der Waals surface area contributed by atoms with E-state index in [4.69, 9.17) is 5.73 Å². The van der Waals surface area contributed by atoms with E-state index in [0.717, 1.165) is 12.0 Å². The van der Waals surface area contributed by atoms with Crippen LogP contribution in [0.15, 0.2) is 24.3 Å². The van der Waals surface area contributed by atoms with Crippen LogP contribution in [0.1, 0.15) is 32.8 Å². The summed E-state index contributed by atoms with van der Waals surface area (Å²) in [6.07, 6.45) is 1.08. The minimum Gasteiger partial charge on any atom is -0.349 e. The zero-order valence-electron chi connectivity index (χ0n) is 11.9. The van der Waals surface area contributed by atoms with Crippen molar-refractivity contribution in [3.63, 3.8) is 0 Å². The Morgan fingerprint density at radius 1 is 1.37 bits per heavy atom. The normalized spacial score (nSPS) is 14.2. The molecule has 4 heteroatoms. The molecule has 1 amide bonds. The molecular formula is C15H23FN2O. The van der Waals surface area contributed by atoms with E-state index < -0.39 is 0 Å². The van der Waals surface area contributed by atoms with Crippen molar-refractivity contribution < 1.29 is 9.18 Å². The first kappa shape index (κ1) is 15.6. The maximum Gasteiger partial charge on any atom is 0.224 e. The molecule has 0 bridgehead atoms. The molecule has 19 heavy (non-hydrogen) atoms. The van der Waals surface area contributed by atoms with Crippen molar-refractivity contribution in [1.29, 1.82) is 0 Å². The molecule has 0 aliphatic carbocycles. The fourth-order valence-electron chi connectivity index (χ4n) is 2.25. The molecule has 0 saturated heterocycles. The van der Waals surface area contributed by atoms with Gasteiger partial charge >= 0.3 is 0 Å². The molecule has 0 aliphatic rings. The molecular weight excluding hydrogens is 243 g/mol. The molecule has 0 heterocycles. The van der Waals surface area contributed by atoms with Crippen LogP contribution in [0.3, 0.4) is 0 Å². The molecule has 1 unspecified atom stereocenters. The topological polar surface area (TPSA) is 55.1 Å². The lowest BCUT2D eigenvalue weighted by Crippen LogP contribution is -2.52. The Hall–Kier alpha value is -1.42. The Balaban J connectivity index is 2.60. The summed E-state index contributed by atoms with van der Waals surface area (Å²) in [5.41, 5.74) is 6.16. The van der Waals surface area contributed by atoms with Crippen molar-refractivity contribution in [3.05, 3.63) is 35.6 Å². The van der Waals surface area contributed by atoms with Gasteiger partial charge in [-0.3, -0.25) is 4.79 Å².